The van der Waals surface area contributed by atoms with Crippen molar-refractivity contribution in [3.8, 4) is 6.07 Å². The number of aromatic nitrogens is 1. The minimum atomic E-state index is 0.0453. The van der Waals surface area contributed by atoms with E-state index >= 15 is 0 Å². The summed E-state index contributed by atoms with van der Waals surface area (Å²) in [4.78, 5) is 4.48. The minimum absolute atomic E-state index is 0.0453. The molecule has 2 rings (SSSR count). The topological polar surface area (TPSA) is 68.9 Å². The van der Waals surface area contributed by atoms with Gasteiger partial charge in [-0.2, -0.15) is 5.26 Å². The van der Waals surface area contributed by atoms with E-state index in [0.29, 0.717) is 17.9 Å². The van der Waals surface area contributed by atoms with Gasteiger partial charge in [0.05, 0.1) is 12.2 Å². The van der Waals surface area contributed by atoms with Crippen LogP contribution in [0.1, 0.15) is 29.7 Å². The Hall–Kier alpha value is -1.60. The summed E-state index contributed by atoms with van der Waals surface area (Å²) in [5, 5.41) is 20.8. The molecule has 1 aliphatic carbocycles. The maximum atomic E-state index is 9.03. The number of hydrogen-bond donors (Lipinski definition) is 2. The Morgan fingerprint density at radius 2 is 2.25 bits per heavy atom. The molecule has 0 bridgehead atoms. The zero-order valence-corrected chi connectivity index (χ0v) is 9.16. The highest BCUT2D eigenvalue weighted by Crippen LogP contribution is 2.24. The summed E-state index contributed by atoms with van der Waals surface area (Å²) in [6.07, 6.45) is 4.38. The molecule has 0 aromatic carbocycles. The molecule has 1 aromatic rings. The maximum Gasteiger partial charge on any atom is 0.144 e. The molecule has 0 radical (unpaired) electrons. The molecular weight excluding hydrogens is 202 g/mol. The molecule has 84 valence electrons. The van der Waals surface area contributed by atoms with Gasteiger partial charge in [0.1, 0.15) is 11.9 Å². The van der Waals surface area contributed by atoms with Gasteiger partial charge in [-0.15, -0.1) is 0 Å². The Morgan fingerprint density at radius 3 is 3.00 bits per heavy atom. The SMILES string of the molecule is N#Cc1cc2c(nc1NCCO)CCCC2. The number of anilines is 1. The van der Waals surface area contributed by atoms with Crippen LogP contribution in [-0.2, 0) is 12.8 Å². The second-order valence-corrected chi connectivity index (χ2v) is 3.96. The summed E-state index contributed by atoms with van der Waals surface area (Å²) < 4.78 is 0. The molecule has 1 heterocycles. The summed E-state index contributed by atoms with van der Waals surface area (Å²) in [5.41, 5.74) is 2.89. The van der Waals surface area contributed by atoms with Crippen LogP contribution in [0, 0.1) is 11.3 Å². The molecule has 1 aliphatic rings. The van der Waals surface area contributed by atoms with E-state index in [1.165, 1.54) is 18.4 Å². The third-order valence-corrected chi connectivity index (χ3v) is 2.83. The minimum Gasteiger partial charge on any atom is -0.395 e. The van der Waals surface area contributed by atoms with Crippen LogP contribution >= 0.6 is 0 Å². The highest BCUT2D eigenvalue weighted by molar-refractivity contribution is 5.54. The molecule has 4 heteroatoms. The Balaban J connectivity index is 2.32. The summed E-state index contributed by atoms with van der Waals surface area (Å²) in [6.45, 7) is 0.476. The van der Waals surface area contributed by atoms with Gasteiger partial charge in [0.2, 0.25) is 0 Å². The van der Waals surface area contributed by atoms with Crippen molar-refractivity contribution in [2.75, 3.05) is 18.5 Å². The number of pyridine rings is 1. The lowest BCUT2D eigenvalue weighted by Crippen LogP contribution is -2.13. The second-order valence-electron chi connectivity index (χ2n) is 3.96. The quantitative estimate of drug-likeness (QED) is 0.799. The number of fused-ring (bicyclic) bond motifs is 1. The molecule has 0 atom stereocenters. The molecule has 0 aliphatic heterocycles. The molecule has 4 nitrogen and oxygen atoms in total. The second kappa shape index (κ2) is 4.95. The summed E-state index contributed by atoms with van der Waals surface area (Å²) >= 11 is 0. The molecule has 0 unspecified atom stereocenters. The van der Waals surface area contributed by atoms with Gasteiger partial charge in [0, 0.05) is 12.2 Å². The van der Waals surface area contributed by atoms with Crippen molar-refractivity contribution in [2.45, 2.75) is 25.7 Å². The first kappa shape index (κ1) is 10.9. The van der Waals surface area contributed by atoms with Gasteiger partial charge in [-0.25, -0.2) is 4.98 Å². The van der Waals surface area contributed by atoms with Gasteiger partial charge in [-0.3, -0.25) is 0 Å². The van der Waals surface area contributed by atoms with Crippen molar-refractivity contribution >= 4 is 5.82 Å². The molecule has 0 fully saturated rings. The highest BCUT2D eigenvalue weighted by Gasteiger charge is 2.14. The zero-order valence-electron chi connectivity index (χ0n) is 9.16. The van der Waals surface area contributed by atoms with Crippen molar-refractivity contribution in [3.05, 3.63) is 22.9 Å². The third kappa shape index (κ3) is 2.15. The number of aryl methyl sites for hydroxylation is 2. The van der Waals surface area contributed by atoms with E-state index < -0.39 is 0 Å². The first-order chi connectivity index (χ1) is 7.85. The van der Waals surface area contributed by atoms with Crippen LogP contribution in [0.25, 0.3) is 0 Å². The number of rotatable bonds is 3. The summed E-state index contributed by atoms with van der Waals surface area (Å²) in [5.74, 6) is 0.609. The van der Waals surface area contributed by atoms with E-state index in [9.17, 15) is 0 Å². The standard InChI is InChI=1S/C12H15N3O/c13-8-10-7-9-3-1-2-4-11(9)15-12(10)14-5-6-16/h7,16H,1-6H2,(H,14,15). The maximum absolute atomic E-state index is 9.03. The number of nitrogens with one attached hydrogen (secondary N) is 1. The lowest BCUT2D eigenvalue weighted by Gasteiger charge is -2.17. The van der Waals surface area contributed by atoms with Crippen LogP contribution < -0.4 is 5.32 Å². The monoisotopic (exact) mass is 217 g/mol. The Bertz CT molecular complexity index is 423. The lowest BCUT2D eigenvalue weighted by atomic mass is 9.95. The number of aliphatic hydroxyl groups is 1. The van der Waals surface area contributed by atoms with Gasteiger partial charge in [0.25, 0.3) is 0 Å². The van der Waals surface area contributed by atoms with Gasteiger partial charge >= 0.3 is 0 Å². The number of nitriles is 1. The van der Waals surface area contributed by atoms with E-state index in [4.69, 9.17) is 10.4 Å². The molecular formula is C12H15N3O. The normalized spacial score (nSPS) is 14.0. The van der Waals surface area contributed by atoms with Crippen molar-refractivity contribution in [1.82, 2.24) is 4.98 Å². The predicted molar refractivity (Wildman–Crippen MR) is 61.2 cm³/mol. The molecule has 2 N–H and O–H groups in total. The van der Waals surface area contributed by atoms with Gasteiger partial charge in [-0.1, -0.05) is 0 Å². The van der Waals surface area contributed by atoms with E-state index in [1.807, 2.05) is 6.07 Å². The molecule has 16 heavy (non-hydrogen) atoms. The number of nitrogens with zero attached hydrogens (tertiary/aromatic N) is 2. The van der Waals surface area contributed by atoms with E-state index in [0.717, 1.165) is 18.5 Å². The van der Waals surface area contributed by atoms with Crippen molar-refractivity contribution in [3.63, 3.8) is 0 Å². The molecule has 0 amide bonds. The fourth-order valence-corrected chi connectivity index (χ4v) is 2.03. The molecule has 0 saturated heterocycles. The average Bonchev–Trinajstić information content (AvgIpc) is 2.35. The molecule has 0 saturated carbocycles. The smallest absolute Gasteiger partial charge is 0.144 e. The predicted octanol–water partition coefficient (Wildman–Crippen LogP) is 1.24. The van der Waals surface area contributed by atoms with Crippen molar-refractivity contribution < 1.29 is 5.11 Å². The third-order valence-electron chi connectivity index (χ3n) is 2.83. The van der Waals surface area contributed by atoms with E-state index in [1.54, 1.807) is 0 Å². The Labute approximate surface area is 94.9 Å². The number of hydrogen-bond acceptors (Lipinski definition) is 4. The summed E-state index contributed by atoms with van der Waals surface area (Å²) in [6, 6.07) is 4.08. The van der Waals surface area contributed by atoms with Crippen LogP contribution in [0.2, 0.25) is 0 Å². The van der Waals surface area contributed by atoms with Crippen LogP contribution in [-0.4, -0.2) is 23.2 Å². The molecule has 1 aromatic heterocycles. The van der Waals surface area contributed by atoms with E-state index in [-0.39, 0.29) is 6.61 Å². The largest absolute Gasteiger partial charge is 0.395 e. The van der Waals surface area contributed by atoms with Crippen molar-refractivity contribution in [2.24, 2.45) is 0 Å². The van der Waals surface area contributed by atoms with Crippen LogP contribution in [0.3, 0.4) is 0 Å². The van der Waals surface area contributed by atoms with Crippen LogP contribution in [0.15, 0.2) is 6.07 Å². The van der Waals surface area contributed by atoms with Gasteiger partial charge in [-0.05, 0) is 37.3 Å². The number of aliphatic hydroxyl groups excluding tert-OH is 1. The first-order valence-electron chi connectivity index (χ1n) is 5.63. The van der Waals surface area contributed by atoms with Gasteiger partial charge in [0.15, 0.2) is 0 Å². The van der Waals surface area contributed by atoms with Gasteiger partial charge < -0.3 is 10.4 Å². The summed E-state index contributed by atoms with van der Waals surface area (Å²) in [7, 11) is 0. The fourth-order valence-electron chi connectivity index (χ4n) is 2.03. The lowest BCUT2D eigenvalue weighted by molar-refractivity contribution is 0.311. The Kier molecular flexibility index (Phi) is 3.37. The van der Waals surface area contributed by atoms with Crippen molar-refractivity contribution in [1.29, 1.82) is 5.26 Å². The zero-order chi connectivity index (χ0) is 11.4. The van der Waals surface area contributed by atoms with E-state index in [2.05, 4.69) is 16.4 Å². The fraction of sp³-hybridized carbons (Fsp3) is 0.500. The molecule has 0 spiro atoms. The Morgan fingerprint density at radius 1 is 1.44 bits per heavy atom. The average molecular weight is 217 g/mol. The first-order valence-corrected chi connectivity index (χ1v) is 5.63. The van der Waals surface area contributed by atoms with Crippen LogP contribution in [0.4, 0.5) is 5.82 Å². The highest BCUT2D eigenvalue weighted by atomic mass is 16.3. The van der Waals surface area contributed by atoms with Crippen LogP contribution in [0.5, 0.6) is 0 Å².